The Hall–Kier alpha value is -0.590. The van der Waals surface area contributed by atoms with Crippen molar-refractivity contribution in [2.75, 3.05) is 6.54 Å². The highest BCUT2D eigenvalue weighted by Gasteiger charge is 2.26. The van der Waals surface area contributed by atoms with E-state index >= 15 is 0 Å². The highest BCUT2D eigenvalue weighted by atomic mass is 79.9. The second kappa shape index (κ2) is 6.26. The lowest BCUT2D eigenvalue weighted by atomic mass is 10.0. The minimum Gasteiger partial charge on any atom is -0.336 e. The molecule has 0 bridgehead atoms. The third-order valence-corrected chi connectivity index (χ3v) is 6.46. The Labute approximate surface area is 138 Å². The van der Waals surface area contributed by atoms with Crippen molar-refractivity contribution in [1.29, 1.82) is 0 Å². The summed E-state index contributed by atoms with van der Waals surface area (Å²) in [5.41, 5.74) is 1.04. The molecule has 1 aliphatic rings. The van der Waals surface area contributed by atoms with Crippen LogP contribution < -0.4 is 0 Å². The predicted molar refractivity (Wildman–Crippen MR) is 86.3 cm³/mol. The highest BCUT2D eigenvalue weighted by molar-refractivity contribution is 9.10. The van der Waals surface area contributed by atoms with Crippen LogP contribution in [0, 0.1) is 6.92 Å². The molecule has 1 saturated heterocycles. The molecule has 0 saturated carbocycles. The Morgan fingerprint density at radius 3 is 2.62 bits per heavy atom. The molecule has 1 unspecified atom stereocenters. The summed E-state index contributed by atoms with van der Waals surface area (Å²) in [4.78, 5) is 14.4. The molecule has 1 aromatic carbocycles. The maximum atomic E-state index is 12.6. The lowest BCUT2D eigenvalue weighted by molar-refractivity contribution is 0.0635. The van der Waals surface area contributed by atoms with Crippen molar-refractivity contribution in [2.45, 2.75) is 44.0 Å². The Morgan fingerprint density at radius 1 is 1.38 bits per heavy atom. The largest absolute Gasteiger partial charge is 0.336 e. The summed E-state index contributed by atoms with van der Waals surface area (Å²) in [6, 6.07) is 3.22. The van der Waals surface area contributed by atoms with Crippen LogP contribution in [0.3, 0.4) is 0 Å². The molecule has 0 N–H and O–H groups in total. The molecule has 1 atom stereocenters. The Balaban J connectivity index is 2.45. The SMILES string of the molecule is Cc1cc(C(=O)N2CCCCC2C)cc(S(=O)(=O)Cl)c1Br. The highest BCUT2D eigenvalue weighted by Crippen LogP contribution is 2.30. The van der Waals surface area contributed by atoms with Crippen LogP contribution in [0.1, 0.15) is 42.1 Å². The Bertz CT molecular complexity index is 675. The zero-order valence-corrected chi connectivity index (χ0v) is 15.1. The van der Waals surface area contributed by atoms with E-state index in [2.05, 4.69) is 15.9 Å². The van der Waals surface area contributed by atoms with Crippen LogP contribution in [0.15, 0.2) is 21.5 Å². The summed E-state index contributed by atoms with van der Waals surface area (Å²) in [7, 11) is 1.54. The van der Waals surface area contributed by atoms with Crippen LogP contribution in [-0.4, -0.2) is 31.8 Å². The van der Waals surface area contributed by atoms with Gasteiger partial charge in [-0.3, -0.25) is 4.79 Å². The van der Waals surface area contributed by atoms with Gasteiger partial charge in [0.05, 0.1) is 4.90 Å². The van der Waals surface area contributed by atoms with E-state index in [-0.39, 0.29) is 16.8 Å². The quantitative estimate of drug-likeness (QED) is 0.719. The van der Waals surface area contributed by atoms with E-state index in [9.17, 15) is 13.2 Å². The van der Waals surface area contributed by atoms with E-state index in [1.807, 2.05) is 6.92 Å². The molecule has 0 radical (unpaired) electrons. The van der Waals surface area contributed by atoms with Crippen molar-refractivity contribution in [3.8, 4) is 0 Å². The Kier molecular flexibility index (Phi) is 5.00. The van der Waals surface area contributed by atoms with Crippen LogP contribution in [0.5, 0.6) is 0 Å². The molecule has 21 heavy (non-hydrogen) atoms. The van der Waals surface area contributed by atoms with Gasteiger partial charge in [0.1, 0.15) is 0 Å². The number of hydrogen-bond acceptors (Lipinski definition) is 3. The molecule has 7 heteroatoms. The van der Waals surface area contributed by atoms with Gasteiger partial charge in [-0.05, 0) is 66.7 Å². The Morgan fingerprint density at radius 2 is 2.05 bits per heavy atom. The number of aryl methyl sites for hydroxylation is 1. The fraction of sp³-hybridized carbons (Fsp3) is 0.500. The summed E-state index contributed by atoms with van der Waals surface area (Å²) in [6.45, 7) is 4.46. The molecule has 1 heterocycles. The number of piperidine rings is 1. The molecule has 1 amide bonds. The lowest BCUT2D eigenvalue weighted by Crippen LogP contribution is -2.42. The fourth-order valence-corrected chi connectivity index (χ4v) is 4.76. The summed E-state index contributed by atoms with van der Waals surface area (Å²) in [6.07, 6.45) is 3.07. The van der Waals surface area contributed by atoms with E-state index in [1.54, 1.807) is 17.9 Å². The van der Waals surface area contributed by atoms with Gasteiger partial charge in [-0.25, -0.2) is 8.42 Å². The molecule has 0 aliphatic carbocycles. The van der Waals surface area contributed by atoms with Gasteiger partial charge in [0.25, 0.3) is 15.0 Å². The maximum Gasteiger partial charge on any atom is 0.262 e. The third kappa shape index (κ3) is 3.60. The number of rotatable bonds is 2. The van der Waals surface area contributed by atoms with Gasteiger partial charge in [-0.15, -0.1) is 0 Å². The molecule has 2 rings (SSSR count). The van der Waals surface area contributed by atoms with Gasteiger partial charge in [0, 0.05) is 33.3 Å². The van der Waals surface area contributed by atoms with E-state index < -0.39 is 9.05 Å². The van der Waals surface area contributed by atoms with Crippen LogP contribution in [-0.2, 0) is 9.05 Å². The predicted octanol–water partition coefficient (Wildman–Crippen LogP) is 3.70. The van der Waals surface area contributed by atoms with Gasteiger partial charge >= 0.3 is 0 Å². The first-order valence-corrected chi connectivity index (χ1v) is 9.88. The first-order chi connectivity index (χ1) is 9.71. The number of amides is 1. The van der Waals surface area contributed by atoms with Crippen LogP contribution in [0.2, 0.25) is 0 Å². The number of hydrogen-bond donors (Lipinski definition) is 0. The van der Waals surface area contributed by atoms with Gasteiger partial charge in [0.2, 0.25) is 0 Å². The molecule has 1 aromatic rings. The van der Waals surface area contributed by atoms with Crippen LogP contribution >= 0.6 is 26.6 Å². The van der Waals surface area contributed by atoms with E-state index in [0.29, 0.717) is 22.1 Å². The first-order valence-electron chi connectivity index (χ1n) is 6.77. The maximum absolute atomic E-state index is 12.6. The van der Waals surface area contributed by atoms with Gasteiger partial charge < -0.3 is 4.90 Å². The zero-order valence-electron chi connectivity index (χ0n) is 11.9. The molecule has 0 spiro atoms. The smallest absolute Gasteiger partial charge is 0.262 e. The van der Waals surface area contributed by atoms with Gasteiger partial charge in [0.15, 0.2) is 0 Å². The number of halogens is 2. The second-order valence-corrected chi connectivity index (χ2v) is 8.71. The molecule has 0 aromatic heterocycles. The second-order valence-electron chi connectivity index (χ2n) is 5.39. The fourth-order valence-electron chi connectivity index (χ4n) is 2.60. The van der Waals surface area contributed by atoms with Crippen LogP contribution in [0.25, 0.3) is 0 Å². The summed E-state index contributed by atoms with van der Waals surface area (Å²) < 4.78 is 23.7. The molecular weight excluding hydrogens is 378 g/mol. The normalized spacial score (nSPS) is 19.6. The first kappa shape index (κ1) is 16.8. The standard InChI is InChI=1S/C14H17BrClNO3S/c1-9-7-11(8-12(13(9)15)21(16,19)20)14(18)17-6-4-3-5-10(17)2/h7-8,10H,3-6H2,1-2H3. The molecule has 4 nitrogen and oxygen atoms in total. The van der Waals surface area contributed by atoms with E-state index in [4.69, 9.17) is 10.7 Å². The van der Waals surface area contributed by atoms with Gasteiger partial charge in [-0.1, -0.05) is 0 Å². The summed E-state index contributed by atoms with van der Waals surface area (Å²) >= 11 is 3.22. The summed E-state index contributed by atoms with van der Waals surface area (Å²) in [5.74, 6) is -0.139. The number of carbonyl (C=O) groups excluding carboxylic acids is 1. The summed E-state index contributed by atoms with van der Waals surface area (Å²) in [5, 5.41) is 0. The van der Waals surface area contributed by atoms with Crippen LogP contribution in [0.4, 0.5) is 0 Å². The van der Waals surface area contributed by atoms with E-state index in [0.717, 1.165) is 19.3 Å². The average Bonchev–Trinajstić information content (AvgIpc) is 2.40. The van der Waals surface area contributed by atoms with Crippen molar-refractivity contribution in [1.82, 2.24) is 4.90 Å². The number of likely N-dealkylation sites (tertiary alicyclic amines) is 1. The number of carbonyl (C=O) groups is 1. The molecular formula is C14H17BrClNO3S. The molecule has 1 fully saturated rings. The topological polar surface area (TPSA) is 54.5 Å². The van der Waals surface area contributed by atoms with Crippen molar-refractivity contribution >= 4 is 41.6 Å². The minimum atomic E-state index is -3.90. The molecule has 116 valence electrons. The number of nitrogens with zero attached hydrogens (tertiary/aromatic N) is 1. The minimum absolute atomic E-state index is 0.0582. The van der Waals surface area contributed by atoms with E-state index in [1.165, 1.54) is 6.07 Å². The molecule has 1 aliphatic heterocycles. The van der Waals surface area contributed by atoms with Gasteiger partial charge in [-0.2, -0.15) is 0 Å². The average molecular weight is 395 g/mol. The third-order valence-electron chi connectivity index (χ3n) is 3.79. The monoisotopic (exact) mass is 393 g/mol. The lowest BCUT2D eigenvalue weighted by Gasteiger charge is -2.33. The zero-order chi connectivity index (χ0) is 15.8. The van der Waals surface area contributed by atoms with Crippen molar-refractivity contribution in [3.63, 3.8) is 0 Å². The number of benzene rings is 1. The van der Waals surface area contributed by atoms with Crippen molar-refractivity contribution in [2.24, 2.45) is 0 Å². The van der Waals surface area contributed by atoms with Crippen molar-refractivity contribution in [3.05, 3.63) is 27.7 Å². The van der Waals surface area contributed by atoms with Crippen molar-refractivity contribution < 1.29 is 13.2 Å².